The Hall–Kier alpha value is -1.88. The predicted octanol–water partition coefficient (Wildman–Crippen LogP) is 8.46. The second kappa shape index (κ2) is 6.37. The van der Waals surface area contributed by atoms with E-state index in [0.717, 1.165) is 32.4 Å². The Bertz CT molecular complexity index is 1250. The molecule has 0 bridgehead atoms. The third-order valence-electron chi connectivity index (χ3n) is 6.00. The van der Waals surface area contributed by atoms with Crippen LogP contribution in [0.3, 0.4) is 0 Å². The van der Waals surface area contributed by atoms with Crippen molar-refractivity contribution >= 4 is 56.5 Å². The maximum Gasteiger partial charge on any atom is 0.380 e. The van der Waals surface area contributed by atoms with Gasteiger partial charge in [-0.2, -0.15) is 26.3 Å². The number of thiophene rings is 4. The number of allylic oxidation sites excluding steroid dienone is 2. The van der Waals surface area contributed by atoms with Gasteiger partial charge < -0.3 is 0 Å². The molecule has 4 aromatic heterocycles. The molecular weight excluding hydrogens is 506 g/mol. The molecule has 0 saturated heterocycles. The Labute approximate surface area is 194 Å². The van der Waals surface area contributed by atoms with Gasteiger partial charge in [0.15, 0.2) is 0 Å². The summed E-state index contributed by atoms with van der Waals surface area (Å²) in [4.78, 5) is 2.22. The number of rotatable bonds is 2. The molecule has 0 aliphatic heterocycles. The molecule has 0 N–H and O–H groups in total. The molecule has 0 unspecified atom stereocenters. The second-order valence-electron chi connectivity index (χ2n) is 7.50. The van der Waals surface area contributed by atoms with Crippen molar-refractivity contribution in [3.05, 3.63) is 88.6 Å². The largest absolute Gasteiger partial charge is 0.380 e. The SMILES string of the molecule is FC1(F)C2=C(c3ccsc3C(c3cccs3)(c3cccs3)c3sccc32)C(F)(F)C1(F)F. The van der Waals surface area contributed by atoms with Gasteiger partial charge >= 0.3 is 17.8 Å². The highest BCUT2D eigenvalue weighted by atomic mass is 32.1. The Morgan fingerprint density at radius 3 is 1.34 bits per heavy atom. The Morgan fingerprint density at radius 1 is 0.531 bits per heavy atom. The summed E-state index contributed by atoms with van der Waals surface area (Å²) in [5, 5.41) is 6.67. The van der Waals surface area contributed by atoms with Crippen molar-refractivity contribution in [3.8, 4) is 0 Å². The summed E-state index contributed by atoms with van der Waals surface area (Å²) in [7, 11) is 0. The van der Waals surface area contributed by atoms with Crippen LogP contribution in [0.25, 0.3) is 11.1 Å². The van der Waals surface area contributed by atoms with Crippen LogP contribution in [-0.4, -0.2) is 17.8 Å². The number of halogens is 6. The van der Waals surface area contributed by atoms with E-state index < -0.39 is 34.3 Å². The summed E-state index contributed by atoms with van der Waals surface area (Å²) in [6.45, 7) is 0. The molecule has 164 valence electrons. The van der Waals surface area contributed by atoms with Crippen molar-refractivity contribution in [2.24, 2.45) is 0 Å². The molecule has 32 heavy (non-hydrogen) atoms. The third-order valence-corrected chi connectivity index (χ3v) is 10.0. The van der Waals surface area contributed by atoms with E-state index in [1.807, 2.05) is 22.9 Å². The van der Waals surface area contributed by atoms with Crippen molar-refractivity contribution in [3.63, 3.8) is 0 Å². The van der Waals surface area contributed by atoms with Gasteiger partial charge in [-0.3, -0.25) is 0 Å². The van der Waals surface area contributed by atoms with Gasteiger partial charge in [-0.15, -0.1) is 45.3 Å². The second-order valence-corrected chi connectivity index (χ2v) is 11.2. The number of hydrogen-bond donors (Lipinski definition) is 0. The Kier molecular flexibility index (Phi) is 4.12. The van der Waals surface area contributed by atoms with Crippen LogP contribution in [0.1, 0.15) is 30.6 Å². The first-order valence-electron chi connectivity index (χ1n) is 9.30. The summed E-state index contributed by atoms with van der Waals surface area (Å²) in [5.41, 5.74) is -4.15. The molecule has 10 heteroatoms. The van der Waals surface area contributed by atoms with Gasteiger partial charge in [0, 0.05) is 30.7 Å². The fourth-order valence-electron chi connectivity index (χ4n) is 4.68. The smallest absolute Gasteiger partial charge is 0.194 e. The lowest BCUT2D eigenvalue weighted by molar-refractivity contribution is -0.254. The maximum absolute atomic E-state index is 15.2. The first-order valence-corrected chi connectivity index (χ1v) is 12.8. The minimum Gasteiger partial charge on any atom is -0.194 e. The third kappa shape index (κ3) is 2.15. The number of alkyl halides is 6. The van der Waals surface area contributed by atoms with Crippen LogP contribution in [0.2, 0.25) is 0 Å². The zero-order valence-electron chi connectivity index (χ0n) is 15.7. The minimum atomic E-state index is -5.53. The van der Waals surface area contributed by atoms with E-state index in [1.165, 1.54) is 45.6 Å². The van der Waals surface area contributed by atoms with Crippen LogP contribution in [-0.2, 0) is 5.41 Å². The van der Waals surface area contributed by atoms with Crippen molar-refractivity contribution < 1.29 is 26.3 Å². The lowest BCUT2D eigenvalue weighted by atomic mass is 9.78. The first kappa shape index (κ1) is 20.7. The van der Waals surface area contributed by atoms with Crippen LogP contribution in [0, 0.1) is 0 Å². The highest BCUT2D eigenvalue weighted by molar-refractivity contribution is 7.15. The first-order chi connectivity index (χ1) is 15.2. The fraction of sp³-hybridized carbons (Fsp3) is 0.182. The van der Waals surface area contributed by atoms with Crippen LogP contribution >= 0.6 is 45.3 Å². The normalized spacial score (nSPS) is 21.7. The van der Waals surface area contributed by atoms with E-state index in [0.29, 0.717) is 9.75 Å². The molecular formula is C22H10F6S4. The maximum atomic E-state index is 15.2. The summed E-state index contributed by atoms with van der Waals surface area (Å²) < 4.78 is 89.7. The Balaban J connectivity index is 1.83. The highest BCUT2D eigenvalue weighted by Gasteiger charge is 2.81. The van der Waals surface area contributed by atoms with E-state index in [9.17, 15) is 8.78 Å². The topological polar surface area (TPSA) is 0 Å². The highest BCUT2D eigenvalue weighted by Crippen LogP contribution is 2.69. The monoisotopic (exact) mass is 516 g/mol. The fourth-order valence-corrected chi connectivity index (χ4v) is 9.24. The molecule has 0 aromatic carbocycles. The standard InChI is InChI=1S/C22H10F6S4/c23-20(24)15-11-5-9-31-17(11)19(13-3-1-7-29-13,14-4-2-8-30-14)18-12(6-10-32-18)16(15)21(25,26)22(20,27)28/h1-10H. The van der Waals surface area contributed by atoms with Crippen LogP contribution in [0.5, 0.6) is 0 Å². The summed E-state index contributed by atoms with van der Waals surface area (Å²) in [6, 6.07) is 9.82. The minimum absolute atomic E-state index is 0.239. The summed E-state index contributed by atoms with van der Waals surface area (Å²) >= 11 is 5.00. The van der Waals surface area contributed by atoms with Gasteiger partial charge in [-0.1, -0.05) is 12.1 Å². The average molecular weight is 517 g/mol. The van der Waals surface area contributed by atoms with Crippen molar-refractivity contribution in [2.45, 2.75) is 23.2 Å². The molecule has 0 spiro atoms. The van der Waals surface area contributed by atoms with Crippen LogP contribution in [0.15, 0.2) is 57.9 Å². The molecule has 0 radical (unpaired) electrons. The van der Waals surface area contributed by atoms with Gasteiger partial charge in [-0.25, -0.2) is 0 Å². The van der Waals surface area contributed by atoms with Crippen LogP contribution in [0.4, 0.5) is 26.3 Å². The van der Waals surface area contributed by atoms with E-state index in [2.05, 4.69) is 0 Å². The van der Waals surface area contributed by atoms with Gasteiger partial charge in [0.2, 0.25) is 0 Å². The van der Waals surface area contributed by atoms with Crippen molar-refractivity contribution in [2.75, 3.05) is 0 Å². The van der Waals surface area contributed by atoms with E-state index in [4.69, 9.17) is 0 Å². The van der Waals surface area contributed by atoms with Gasteiger partial charge in [-0.05, 0) is 56.9 Å². The number of hydrogen-bond acceptors (Lipinski definition) is 4. The lowest BCUT2D eigenvalue weighted by Gasteiger charge is -2.34. The van der Waals surface area contributed by atoms with Gasteiger partial charge in [0.1, 0.15) is 5.41 Å². The zero-order valence-corrected chi connectivity index (χ0v) is 18.9. The Morgan fingerprint density at radius 2 is 0.969 bits per heavy atom. The molecule has 0 saturated carbocycles. The molecule has 0 amide bonds. The number of fused-ring (bicyclic) bond motifs is 4. The average Bonchev–Trinajstić information content (AvgIpc) is 3.54. The molecule has 0 fully saturated rings. The molecule has 2 aliphatic carbocycles. The van der Waals surface area contributed by atoms with E-state index in [-0.39, 0.29) is 11.1 Å². The molecule has 6 rings (SSSR count). The summed E-state index contributed by atoms with van der Waals surface area (Å²) in [6.07, 6.45) is 0. The van der Waals surface area contributed by atoms with E-state index >= 15 is 17.6 Å². The van der Waals surface area contributed by atoms with Crippen LogP contribution < -0.4 is 0 Å². The summed E-state index contributed by atoms with van der Waals surface area (Å²) in [5.74, 6) is -15.6. The molecule has 4 heterocycles. The molecule has 0 atom stereocenters. The quantitative estimate of drug-likeness (QED) is 0.235. The van der Waals surface area contributed by atoms with E-state index in [1.54, 1.807) is 12.1 Å². The molecule has 4 aromatic rings. The van der Waals surface area contributed by atoms with Crippen molar-refractivity contribution in [1.29, 1.82) is 0 Å². The van der Waals surface area contributed by atoms with Crippen molar-refractivity contribution in [1.82, 2.24) is 0 Å². The zero-order chi connectivity index (χ0) is 22.5. The van der Waals surface area contributed by atoms with Gasteiger partial charge in [0.25, 0.3) is 0 Å². The predicted molar refractivity (Wildman–Crippen MR) is 118 cm³/mol. The molecule has 0 nitrogen and oxygen atoms in total. The lowest BCUT2D eigenvalue weighted by Crippen LogP contribution is -2.49. The van der Waals surface area contributed by atoms with Gasteiger partial charge in [0.05, 0.1) is 0 Å². The molecule has 2 aliphatic rings.